The minimum Gasteiger partial charge on any atom is -0.443 e. The molecule has 0 saturated carbocycles. The molecule has 13 nitrogen and oxygen atoms in total. The van der Waals surface area contributed by atoms with Crippen molar-refractivity contribution in [1.29, 1.82) is 0 Å². The molecule has 2 aliphatic heterocycles. The number of hydrogen-bond donors (Lipinski definition) is 2. The van der Waals surface area contributed by atoms with Crippen molar-refractivity contribution in [2.75, 3.05) is 35.3 Å². The Morgan fingerprint density at radius 2 is 1.95 bits per heavy atom. The van der Waals surface area contributed by atoms with Crippen LogP contribution in [0.15, 0.2) is 24.4 Å². The van der Waals surface area contributed by atoms with Gasteiger partial charge in [-0.3, -0.25) is 19.4 Å². The zero-order valence-corrected chi connectivity index (χ0v) is 22.6. The molecule has 206 valence electrons. The summed E-state index contributed by atoms with van der Waals surface area (Å²) in [5, 5.41) is 10.5. The first-order valence-corrected chi connectivity index (χ1v) is 12.8. The molecule has 3 amide bonds. The molecule has 1 saturated heterocycles. The molecule has 3 aromatic heterocycles. The van der Waals surface area contributed by atoms with Crippen LogP contribution in [-0.4, -0.2) is 69.3 Å². The van der Waals surface area contributed by atoms with Crippen LogP contribution < -0.4 is 20.4 Å². The summed E-state index contributed by atoms with van der Waals surface area (Å²) in [6.45, 7) is 8.28. The molecule has 0 radical (unpaired) electrons. The highest BCUT2D eigenvalue weighted by atomic mass is 16.6. The first-order valence-electron chi connectivity index (χ1n) is 12.8. The lowest BCUT2D eigenvalue weighted by Crippen LogP contribution is -2.36. The lowest BCUT2D eigenvalue weighted by molar-refractivity contribution is -0.117. The number of rotatable bonds is 2. The SMILES string of the molecule is C[C@@H]1COCc2cc(nc(N3CCCC3=O)c2)Nc2cc(N(C)C(=O)OC(C)(C)C)n3ncc(c3n2)C(=O)N1. The van der Waals surface area contributed by atoms with Gasteiger partial charge in [-0.05, 0) is 51.8 Å². The van der Waals surface area contributed by atoms with Gasteiger partial charge in [-0.1, -0.05) is 0 Å². The summed E-state index contributed by atoms with van der Waals surface area (Å²) in [5.41, 5.74) is 0.550. The summed E-state index contributed by atoms with van der Waals surface area (Å²) in [4.78, 5) is 50.8. The Morgan fingerprint density at radius 1 is 1.18 bits per heavy atom. The number of anilines is 4. The van der Waals surface area contributed by atoms with Crippen molar-refractivity contribution in [1.82, 2.24) is 24.9 Å². The molecule has 4 bridgehead atoms. The first-order chi connectivity index (χ1) is 18.5. The topological polar surface area (TPSA) is 143 Å². The Kier molecular flexibility index (Phi) is 6.85. The Balaban J connectivity index is 1.63. The van der Waals surface area contributed by atoms with Crippen LogP contribution in [0.2, 0.25) is 0 Å². The van der Waals surface area contributed by atoms with Gasteiger partial charge in [0.25, 0.3) is 5.91 Å². The zero-order chi connectivity index (χ0) is 27.9. The summed E-state index contributed by atoms with van der Waals surface area (Å²) in [5.74, 6) is 1.24. The molecular formula is C26H32N8O5. The van der Waals surface area contributed by atoms with E-state index in [4.69, 9.17) is 9.47 Å². The molecule has 2 aliphatic rings. The van der Waals surface area contributed by atoms with Gasteiger partial charge >= 0.3 is 6.09 Å². The number of carbonyl (C=O) groups is 3. The fourth-order valence-electron chi connectivity index (χ4n) is 4.41. The predicted molar refractivity (Wildman–Crippen MR) is 143 cm³/mol. The number of ether oxygens (including phenoxy) is 2. The van der Waals surface area contributed by atoms with E-state index in [1.807, 2.05) is 19.1 Å². The highest BCUT2D eigenvalue weighted by molar-refractivity contribution is 6.00. The molecule has 3 aromatic rings. The fraction of sp³-hybridized carbons (Fsp3) is 0.462. The summed E-state index contributed by atoms with van der Waals surface area (Å²) in [6.07, 6.45) is 2.05. The highest BCUT2D eigenvalue weighted by Gasteiger charge is 2.27. The summed E-state index contributed by atoms with van der Waals surface area (Å²) in [7, 11) is 1.56. The zero-order valence-electron chi connectivity index (χ0n) is 22.6. The number of pyridine rings is 1. The van der Waals surface area contributed by atoms with Gasteiger partial charge in [0.15, 0.2) is 5.65 Å². The highest BCUT2D eigenvalue weighted by Crippen LogP contribution is 2.28. The van der Waals surface area contributed by atoms with Gasteiger partial charge in [0, 0.05) is 32.1 Å². The molecule has 5 rings (SSSR count). The maximum atomic E-state index is 13.1. The normalized spacial score (nSPS) is 18.1. The minimum atomic E-state index is -0.715. The lowest BCUT2D eigenvalue weighted by Gasteiger charge is -2.25. The average Bonchev–Trinajstić information content (AvgIpc) is 3.47. The van der Waals surface area contributed by atoms with Crippen molar-refractivity contribution >= 4 is 46.8 Å². The molecule has 1 atom stereocenters. The molecule has 5 heterocycles. The van der Waals surface area contributed by atoms with Gasteiger partial charge < -0.3 is 20.1 Å². The molecule has 1 fully saturated rings. The van der Waals surface area contributed by atoms with Gasteiger partial charge in [0.1, 0.15) is 34.4 Å². The van der Waals surface area contributed by atoms with E-state index in [1.165, 1.54) is 15.6 Å². The number of carbonyl (C=O) groups excluding carboxylic acids is 3. The van der Waals surface area contributed by atoms with E-state index >= 15 is 0 Å². The van der Waals surface area contributed by atoms with Gasteiger partial charge in [0.2, 0.25) is 5.91 Å². The van der Waals surface area contributed by atoms with Crippen molar-refractivity contribution in [2.24, 2.45) is 0 Å². The largest absolute Gasteiger partial charge is 0.443 e. The Bertz CT molecular complexity index is 1450. The summed E-state index contributed by atoms with van der Waals surface area (Å²) >= 11 is 0. The standard InChI is InChI=1S/C26H32N8O5/c1-15-13-38-14-16-9-18(30-20(10-16)33-8-6-7-22(33)35)29-19-11-21(32(5)25(37)39-26(2,3)4)34-23(31-19)17(12-27-34)24(36)28-15/h9-12,15H,6-8,13-14H2,1-5H3,(H,28,36)(H,29,30,31)/t15-/m1/s1. The van der Waals surface area contributed by atoms with E-state index in [-0.39, 0.29) is 42.3 Å². The quantitative estimate of drug-likeness (QED) is 0.505. The second-order valence-corrected chi connectivity index (χ2v) is 10.7. The number of amides is 3. The third-order valence-corrected chi connectivity index (χ3v) is 6.20. The van der Waals surface area contributed by atoms with Crippen LogP contribution in [0.4, 0.5) is 28.1 Å². The lowest BCUT2D eigenvalue weighted by atomic mass is 10.2. The van der Waals surface area contributed by atoms with E-state index in [0.29, 0.717) is 36.2 Å². The maximum Gasteiger partial charge on any atom is 0.415 e. The van der Waals surface area contributed by atoms with E-state index in [0.717, 1.165) is 12.0 Å². The Hall–Kier alpha value is -4.26. The third kappa shape index (κ3) is 5.62. The number of nitrogens with zero attached hydrogens (tertiary/aromatic N) is 6. The van der Waals surface area contributed by atoms with E-state index < -0.39 is 11.7 Å². The van der Waals surface area contributed by atoms with Crippen LogP contribution >= 0.6 is 0 Å². The van der Waals surface area contributed by atoms with Gasteiger partial charge in [0.05, 0.1) is 19.4 Å². The van der Waals surface area contributed by atoms with Crippen LogP contribution in [0.1, 0.15) is 56.5 Å². The predicted octanol–water partition coefficient (Wildman–Crippen LogP) is 3.01. The maximum absolute atomic E-state index is 13.1. The number of fused-ring (bicyclic) bond motifs is 3. The second-order valence-electron chi connectivity index (χ2n) is 10.7. The molecule has 0 unspecified atom stereocenters. The van der Waals surface area contributed by atoms with Crippen molar-refractivity contribution < 1.29 is 23.9 Å². The first kappa shape index (κ1) is 26.4. The van der Waals surface area contributed by atoms with Crippen LogP contribution in [0.5, 0.6) is 0 Å². The number of aromatic nitrogens is 4. The van der Waals surface area contributed by atoms with Crippen LogP contribution in [0.3, 0.4) is 0 Å². The van der Waals surface area contributed by atoms with Crippen molar-refractivity contribution in [3.8, 4) is 0 Å². The molecule has 2 N–H and O–H groups in total. The van der Waals surface area contributed by atoms with Crippen molar-refractivity contribution in [3.05, 3.63) is 35.5 Å². The minimum absolute atomic E-state index is 0.0157. The van der Waals surface area contributed by atoms with Gasteiger partial charge in [-0.2, -0.15) is 9.61 Å². The molecule has 0 aromatic carbocycles. The third-order valence-electron chi connectivity index (χ3n) is 6.20. The number of hydrogen-bond acceptors (Lipinski definition) is 9. The average molecular weight is 537 g/mol. The molecule has 0 spiro atoms. The van der Waals surface area contributed by atoms with Crippen molar-refractivity contribution in [2.45, 2.75) is 58.8 Å². The van der Waals surface area contributed by atoms with Gasteiger partial charge in [-0.25, -0.2) is 14.8 Å². The Labute approximate surface area is 225 Å². The van der Waals surface area contributed by atoms with E-state index in [2.05, 4.69) is 25.7 Å². The van der Waals surface area contributed by atoms with Crippen molar-refractivity contribution in [3.63, 3.8) is 0 Å². The van der Waals surface area contributed by atoms with Crippen LogP contribution in [0, 0.1) is 0 Å². The van der Waals surface area contributed by atoms with E-state index in [1.54, 1.807) is 38.8 Å². The molecule has 39 heavy (non-hydrogen) atoms. The van der Waals surface area contributed by atoms with E-state index in [9.17, 15) is 14.4 Å². The number of nitrogens with one attached hydrogen (secondary N) is 2. The van der Waals surface area contributed by atoms with Crippen LogP contribution in [0.25, 0.3) is 5.65 Å². The summed E-state index contributed by atoms with van der Waals surface area (Å²) < 4.78 is 12.8. The molecular weight excluding hydrogens is 504 g/mol. The second kappa shape index (κ2) is 10.1. The van der Waals surface area contributed by atoms with Crippen LogP contribution in [-0.2, 0) is 20.9 Å². The Morgan fingerprint density at radius 3 is 2.67 bits per heavy atom. The molecule has 13 heteroatoms. The van der Waals surface area contributed by atoms with Gasteiger partial charge in [-0.15, -0.1) is 0 Å². The fourth-order valence-corrected chi connectivity index (χ4v) is 4.41. The summed E-state index contributed by atoms with van der Waals surface area (Å²) in [6, 6.07) is 4.96. The monoisotopic (exact) mass is 536 g/mol. The molecule has 0 aliphatic carbocycles. The smallest absolute Gasteiger partial charge is 0.415 e.